The van der Waals surface area contributed by atoms with Gasteiger partial charge in [-0.3, -0.25) is 4.98 Å². The molecule has 1 heterocycles. The summed E-state index contributed by atoms with van der Waals surface area (Å²) in [7, 11) is 0. The number of aliphatic hydroxyl groups excluding tert-OH is 1. The maximum absolute atomic E-state index is 9.96. The highest BCUT2D eigenvalue weighted by Gasteiger charge is 2.21. The molecule has 0 bridgehead atoms. The molecular formula is C21H27NO. The summed E-state index contributed by atoms with van der Waals surface area (Å²) in [6, 6.07) is 16.4. The number of nitrogens with zero attached hydrogens (tertiary/aromatic N) is 1. The molecule has 0 aliphatic rings. The lowest BCUT2D eigenvalue weighted by Gasteiger charge is -2.23. The minimum absolute atomic E-state index is 0.144. The number of unbranched alkanes of at least 4 members (excludes halogenated alkanes) is 2. The zero-order valence-electron chi connectivity index (χ0n) is 13.9. The summed E-state index contributed by atoms with van der Waals surface area (Å²) in [6.07, 6.45) is 10.7. The fraction of sp³-hybridized carbons (Fsp3) is 0.381. The van der Waals surface area contributed by atoms with Crippen LogP contribution < -0.4 is 0 Å². The van der Waals surface area contributed by atoms with Crippen LogP contribution >= 0.6 is 0 Å². The van der Waals surface area contributed by atoms with Gasteiger partial charge in [0.2, 0.25) is 0 Å². The average Bonchev–Trinajstić information content (AvgIpc) is 2.62. The van der Waals surface area contributed by atoms with Gasteiger partial charge in [0, 0.05) is 24.4 Å². The van der Waals surface area contributed by atoms with E-state index in [-0.39, 0.29) is 18.4 Å². The Morgan fingerprint density at radius 1 is 1.09 bits per heavy atom. The Morgan fingerprint density at radius 2 is 1.87 bits per heavy atom. The third-order valence-electron chi connectivity index (χ3n) is 4.19. The van der Waals surface area contributed by atoms with Crippen molar-refractivity contribution in [3.63, 3.8) is 0 Å². The van der Waals surface area contributed by atoms with E-state index < -0.39 is 0 Å². The van der Waals surface area contributed by atoms with Gasteiger partial charge in [-0.2, -0.15) is 0 Å². The van der Waals surface area contributed by atoms with E-state index in [1.54, 1.807) is 0 Å². The molecule has 1 N–H and O–H groups in total. The summed E-state index contributed by atoms with van der Waals surface area (Å²) in [5.74, 6) is 0.366. The summed E-state index contributed by atoms with van der Waals surface area (Å²) in [5.41, 5.74) is 2.30. The van der Waals surface area contributed by atoms with Crippen LogP contribution in [0.4, 0.5) is 0 Å². The summed E-state index contributed by atoms with van der Waals surface area (Å²) in [4.78, 5) is 4.42. The van der Waals surface area contributed by atoms with Crippen LogP contribution in [-0.2, 0) is 6.42 Å². The van der Waals surface area contributed by atoms with Crippen LogP contribution in [0.3, 0.4) is 0 Å². The summed E-state index contributed by atoms with van der Waals surface area (Å²) < 4.78 is 0. The molecule has 0 spiro atoms. The Hall–Kier alpha value is -1.93. The van der Waals surface area contributed by atoms with Crippen molar-refractivity contribution in [2.45, 2.75) is 38.5 Å². The Morgan fingerprint density at radius 3 is 2.52 bits per heavy atom. The highest BCUT2D eigenvalue weighted by Crippen LogP contribution is 2.29. The number of aliphatic hydroxyl groups is 1. The van der Waals surface area contributed by atoms with Crippen LogP contribution in [0.15, 0.2) is 66.9 Å². The van der Waals surface area contributed by atoms with E-state index in [9.17, 15) is 5.11 Å². The second-order valence-corrected chi connectivity index (χ2v) is 5.97. The SMILES string of the molecule is CCCC/C=C/[C@@H](c1ccccc1)[C@@H](CO)Cc1ccccn1. The van der Waals surface area contributed by atoms with Crippen LogP contribution in [-0.4, -0.2) is 16.7 Å². The van der Waals surface area contributed by atoms with Crippen molar-refractivity contribution in [3.05, 3.63) is 78.1 Å². The van der Waals surface area contributed by atoms with E-state index in [0.717, 1.165) is 18.5 Å². The van der Waals surface area contributed by atoms with Crippen molar-refractivity contribution in [3.8, 4) is 0 Å². The van der Waals surface area contributed by atoms with Gasteiger partial charge in [0.15, 0.2) is 0 Å². The number of aromatic nitrogens is 1. The van der Waals surface area contributed by atoms with Crippen molar-refractivity contribution in [1.29, 1.82) is 0 Å². The molecule has 0 aliphatic heterocycles. The molecule has 2 heteroatoms. The average molecular weight is 309 g/mol. The maximum atomic E-state index is 9.96. The Balaban J connectivity index is 2.17. The first kappa shape index (κ1) is 17.4. The molecular weight excluding hydrogens is 282 g/mol. The molecule has 1 aromatic heterocycles. The maximum Gasteiger partial charge on any atom is 0.0471 e. The second-order valence-electron chi connectivity index (χ2n) is 5.97. The topological polar surface area (TPSA) is 33.1 Å². The largest absolute Gasteiger partial charge is 0.396 e. The lowest BCUT2D eigenvalue weighted by atomic mass is 9.83. The zero-order valence-corrected chi connectivity index (χ0v) is 13.9. The first-order valence-corrected chi connectivity index (χ1v) is 8.57. The molecule has 2 aromatic rings. The van der Waals surface area contributed by atoms with Gasteiger partial charge in [-0.15, -0.1) is 0 Å². The van der Waals surface area contributed by atoms with Crippen molar-refractivity contribution in [2.24, 2.45) is 5.92 Å². The number of hydrogen-bond donors (Lipinski definition) is 1. The van der Waals surface area contributed by atoms with E-state index in [0.29, 0.717) is 0 Å². The van der Waals surface area contributed by atoms with E-state index in [2.05, 4.69) is 48.3 Å². The molecule has 0 radical (unpaired) electrons. The van der Waals surface area contributed by atoms with Crippen molar-refractivity contribution in [2.75, 3.05) is 6.61 Å². The van der Waals surface area contributed by atoms with E-state index >= 15 is 0 Å². The number of allylic oxidation sites excluding steroid dienone is 2. The highest BCUT2D eigenvalue weighted by atomic mass is 16.3. The summed E-state index contributed by atoms with van der Waals surface area (Å²) >= 11 is 0. The van der Waals surface area contributed by atoms with Crippen LogP contribution in [0.2, 0.25) is 0 Å². The number of pyridine rings is 1. The van der Waals surface area contributed by atoms with Gasteiger partial charge in [-0.25, -0.2) is 0 Å². The first-order chi connectivity index (χ1) is 11.3. The molecule has 122 valence electrons. The molecule has 0 saturated heterocycles. The van der Waals surface area contributed by atoms with E-state index in [4.69, 9.17) is 0 Å². The predicted molar refractivity (Wildman–Crippen MR) is 96.4 cm³/mol. The molecule has 2 atom stereocenters. The number of rotatable bonds is 9. The minimum atomic E-state index is 0.144. The molecule has 2 rings (SSSR count). The van der Waals surface area contributed by atoms with Gasteiger partial charge in [0.25, 0.3) is 0 Å². The van der Waals surface area contributed by atoms with Gasteiger partial charge in [0.05, 0.1) is 0 Å². The van der Waals surface area contributed by atoms with Crippen LogP contribution in [0.5, 0.6) is 0 Å². The van der Waals surface area contributed by atoms with E-state index in [1.165, 1.54) is 18.4 Å². The standard InChI is InChI=1S/C21H27NO/c1-2-3-4-8-14-21(18-11-6-5-7-12-18)19(17-23)16-20-13-9-10-15-22-20/h5-15,19,21,23H,2-4,16-17H2,1H3/b14-8+/t19-,21+/m1/s1. The Bertz CT molecular complexity index is 565. The van der Waals surface area contributed by atoms with E-state index in [1.807, 2.05) is 30.5 Å². The van der Waals surface area contributed by atoms with Crippen molar-refractivity contribution < 1.29 is 5.11 Å². The van der Waals surface area contributed by atoms with Gasteiger partial charge in [-0.05, 0) is 36.5 Å². The molecule has 0 fully saturated rings. The molecule has 0 unspecified atom stereocenters. The van der Waals surface area contributed by atoms with Gasteiger partial charge in [0.1, 0.15) is 0 Å². The van der Waals surface area contributed by atoms with Crippen molar-refractivity contribution in [1.82, 2.24) is 4.98 Å². The molecule has 23 heavy (non-hydrogen) atoms. The second kappa shape index (κ2) is 9.96. The minimum Gasteiger partial charge on any atom is -0.396 e. The highest BCUT2D eigenvalue weighted by molar-refractivity contribution is 5.25. The summed E-state index contributed by atoms with van der Waals surface area (Å²) in [5, 5.41) is 9.96. The fourth-order valence-electron chi connectivity index (χ4n) is 2.87. The molecule has 1 aromatic carbocycles. The third kappa shape index (κ3) is 5.65. The monoisotopic (exact) mass is 309 g/mol. The smallest absolute Gasteiger partial charge is 0.0471 e. The molecule has 0 amide bonds. The molecule has 2 nitrogen and oxygen atoms in total. The van der Waals surface area contributed by atoms with Crippen LogP contribution in [0.1, 0.15) is 43.4 Å². The molecule has 0 aliphatic carbocycles. The zero-order chi connectivity index (χ0) is 16.3. The van der Waals surface area contributed by atoms with Gasteiger partial charge >= 0.3 is 0 Å². The van der Waals surface area contributed by atoms with Gasteiger partial charge < -0.3 is 5.11 Å². The lowest BCUT2D eigenvalue weighted by Crippen LogP contribution is -2.18. The number of benzene rings is 1. The van der Waals surface area contributed by atoms with Gasteiger partial charge in [-0.1, -0.05) is 68.3 Å². The predicted octanol–water partition coefficient (Wildman–Crippen LogP) is 4.76. The normalized spacial score (nSPS) is 14.0. The fourth-order valence-corrected chi connectivity index (χ4v) is 2.87. The number of hydrogen-bond acceptors (Lipinski definition) is 2. The lowest BCUT2D eigenvalue weighted by molar-refractivity contribution is 0.213. The summed E-state index contributed by atoms with van der Waals surface area (Å²) in [6.45, 7) is 2.37. The molecule has 0 saturated carbocycles. The van der Waals surface area contributed by atoms with Crippen molar-refractivity contribution >= 4 is 0 Å². The first-order valence-electron chi connectivity index (χ1n) is 8.57. The Labute approximate surface area is 139 Å². The third-order valence-corrected chi connectivity index (χ3v) is 4.19. The Kier molecular flexibility index (Phi) is 7.55. The quantitative estimate of drug-likeness (QED) is 0.535. The van der Waals surface area contributed by atoms with Crippen LogP contribution in [0, 0.1) is 5.92 Å². The van der Waals surface area contributed by atoms with Crippen LogP contribution in [0.25, 0.3) is 0 Å².